The normalized spacial score (nSPS) is 17.1. The second-order valence-electron chi connectivity index (χ2n) is 4.30. The Morgan fingerprint density at radius 3 is 2.94 bits per heavy atom. The first-order valence-electron chi connectivity index (χ1n) is 5.67. The van der Waals surface area contributed by atoms with Crippen molar-refractivity contribution in [1.29, 1.82) is 0 Å². The second kappa shape index (κ2) is 4.51. The van der Waals surface area contributed by atoms with E-state index < -0.39 is 0 Å². The van der Waals surface area contributed by atoms with Gasteiger partial charge in [-0.3, -0.25) is 9.89 Å². The molecular formula is C10H17N5O. The number of nitrogens with two attached hydrogens (primary N) is 1. The van der Waals surface area contributed by atoms with Crippen molar-refractivity contribution in [1.82, 2.24) is 20.5 Å². The summed E-state index contributed by atoms with van der Waals surface area (Å²) in [6, 6.07) is 0.228. The number of aromatic nitrogens is 3. The molecule has 88 valence electrons. The molecule has 1 unspecified atom stereocenters. The maximum atomic E-state index is 11.7. The Labute approximate surface area is 94.0 Å². The number of anilines is 1. The number of nitrogens with one attached hydrogen (secondary N) is 2. The minimum absolute atomic E-state index is 0.0976. The molecule has 1 fully saturated rings. The van der Waals surface area contributed by atoms with Crippen LogP contribution in [0.25, 0.3) is 0 Å². The molecule has 16 heavy (non-hydrogen) atoms. The van der Waals surface area contributed by atoms with Crippen LogP contribution in [0.2, 0.25) is 0 Å². The lowest BCUT2D eigenvalue weighted by molar-refractivity contribution is 0.0922. The highest BCUT2D eigenvalue weighted by atomic mass is 16.2. The third-order valence-electron chi connectivity index (χ3n) is 2.86. The molecule has 6 nitrogen and oxygen atoms in total. The third-order valence-corrected chi connectivity index (χ3v) is 2.86. The maximum absolute atomic E-state index is 11.7. The predicted molar refractivity (Wildman–Crippen MR) is 59.7 cm³/mol. The van der Waals surface area contributed by atoms with Gasteiger partial charge in [0.2, 0.25) is 11.8 Å². The van der Waals surface area contributed by atoms with Crippen LogP contribution < -0.4 is 11.1 Å². The van der Waals surface area contributed by atoms with E-state index >= 15 is 0 Å². The molecule has 1 aliphatic carbocycles. The lowest BCUT2D eigenvalue weighted by Crippen LogP contribution is -2.35. The van der Waals surface area contributed by atoms with Crippen molar-refractivity contribution in [3.63, 3.8) is 0 Å². The maximum Gasteiger partial charge on any atom is 0.288 e. The molecule has 1 atom stereocenters. The Balaban J connectivity index is 1.89. The summed E-state index contributed by atoms with van der Waals surface area (Å²) in [5.74, 6) is 0.855. The van der Waals surface area contributed by atoms with Crippen LogP contribution in [0.4, 0.5) is 5.95 Å². The zero-order chi connectivity index (χ0) is 11.5. The largest absolute Gasteiger partial charge is 0.366 e. The van der Waals surface area contributed by atoms with Crippen LogP contribution in [0, 0.1) is 5.92 Å². The third kappa shape index (κ3) is 2.71. The van der Waals surface area contributed by atoms with Crippen LogP contribution in [-0.2, 0) is 0 Å². The van der Waals surface area contributed by atoms with Crippen molar-refractivity contribution in [2.45, 2.75) is 38.6 Å². The average Bonchev–Trinajstić information content (AvgIpc) is 2.97. The first kappa shape index (κ1) is 10.9. The van der Waals surface area contributed by atoms with Crippen LogP contribution in [0.15, 0.2) is 0 Å². The number of amides is 1. The van der Waals surface area contributed by atoms with Crippen molar-refractivity contribution in [2.75, 3.05) is 5.73 Å². The molecular weight excluding hydrogens is 206 g/mol. The number of rotatable bonds is 5. The Hall–Kier alpha value is -1.59. The highest BCUT2D eigenvalue weighted by molar-refractivity contribution is 5.90. The smallest absolute Gasteiger partial charge is 0.288 e. The highest BCUT2D eigenvalue weighted by Gasteiger charge is 2.26. The summed E-state index contributed by atoms with van der Waals surface area (Å²) in [7, 11) is 0. The minimum Gasteiger partial charge on any atom is -0.366 e. The number of carbonyl (C=O) groups excluding carboxylic acids is 1. The monoisotopic (exact) mass is 223 g/mol. The summed E-state index contributed by atoms with van der Waals surface area (Å²) < 4.78 is 0. The van der Waals surface area contributed by atoms with Gasteiger partial charge in [-0.2, -0.15) is 4.98 Å². The van der Waals surface area contributed by atoms with Crippen LogP contribution in [0.1, 0.15) is 43.2 Å². The van der Waals surface area contributed by atoms with Gasteiger partial charge in [0.1, 0.15) is 0 Å². The zero-order valence-corrected chi connectivity index (χ0v) is 9.36. The van der Waals surface area contributed by atoms with Gasteiger partial charge >= 0.3 is 0 Å². The molecule has 0 saturated heterocycles. The fraction of sp³-hybridized carbons (Fsp3) is 0.700. The molecule has 1 amide bonds. The van der Waals surface area contributed by atoms with Crippen LogP contribution in [-0.4, -0.2) is 27.1 Å². The van der Waals surface area contributed by atoms with Gasteiger partial charge in [0, 0.05) is 6.04 Å². The Bertz CT molecular complexity index is 371. The van der Waals surface area contributed by atoms with E-state index in [0.29, 0.717) is 0 Å². The molecule has 1 aromatic rings. The van der Waals surface area contributed by atoms with Gasteiger partial charge in [-0.05, 0) is 18.8 Å². The molecule has 2 rings (SSSR count). The first-order chi connectivity index (χ1) is 7.69. The molecule has 1 aromatic heterocycles. The molecule has 1 aliphatic rings. The second-order valence-corrected chi connectivity index (χ2v) is 4.30. The van der Waals surface area contributed by atoms with Gasteiger partial charge in [-0.15, -0.1) is 5.10 Å². The van der Waals surface area contributed by atoms with E-state index in [1.165, 1.54) is 12.8 Å². The van der Waals surface area contributed by atoms with Gasteiger partial charge in [0.25, 0.3) is 5.91 Å². The van der Waals surface area contributed by atoms with Gasteiger partial charge in [-0.25, -0.2) is 0 Å². The summed E-state index contributed by atoms with van der Waals surface area (Å²) in [6.07, 6.45) is 4.58. The molecule has 6 heteroatoms. The Kier molecular flexibility index (Phi) is 3.07. The quantitative estimate of drug-likeness (QED) is 0.684. The van der Waals surface area contributed by atoms with Crippen molar-refractivity contribution in [3.8, 4) is 0 Å². The number of hydrogen-bond acceptors (Lipinski definition) is 4. The average molecular weight is 223 g/mol. The molecule has 4 N–H and O–H groups in total. The zero-order valence-electron chi connectivity index (χ0n) is 9.36. The standard InChI is InChI=1S/C10H17N5O/c1-2-7(5-6-3-4-6)12-9(16)8-13-10(11)15-14-8/h6-7H,2-5H2,1H3,(H,12,16)(H3,11,13,14,15). The predicted octanol–water partition coefficient (Wildman–Crippen LogP) is 0.695. The van der Waals surface area contributed by atoms with E-state index in [0.717, 1.165) is 18.8 Å². The van der Waals surface area contributed by atoms with E-state index in [-0.39, 0.29) is 23.7 Å². The van der Waals surface area contributed by atoms with E-state index in [1.54, 1.807) is 0 Å². The molecule has 0 spiro atoms. The lowest BCUT2D eigenvalue weighted by Gasteiger charge is -2.15. The molecule has 1 heterocycles. The number of nitrogens with zero attached hydrogens (tertiary/aromatic N) is 2. The van der Waals surface area contributed by atoms with Crippen LogP contribution in [0.3, 0.4) is 0 Å². The van der Waals surface area contributed by atoms with E-state index in [1.807, 2.05) is 0 Å². The van der Waals surface area contributed by atoms with Crippen molar-refractivity contribution >= 4 is 11.9 Å². The van der Waals surface area contributed by atoms with Crippen LogP contribution >= 0.6 is 0 Å². The molecule has 0 radical (unpaired) electrons. The highest BCUT2D eigenvalue weighted by Crippen LogP contribution is 2.34. The van der Waals surface area contributed by atoms with E-state index in [9.17, 15) is 4.79 Å². The van der Waals surface area contributed by atoms with E-state index in [2.05, 4.69) is 27.4 Å². The van der Waals surface area contributed by atoms with Gasteiger partial charge < -0.3 is 11.1 Å². The van der Waals surface area contributed by atoms with Gasteiger partial charge in [0.15, 0.2) is 0 Å². The number of aromatic amines is 1. The molecule has 0 aliphatic heterocycles. The Morgan fingerprint density at radius 1 is 1.69 bits per heavy atom. The summed E-state index contributed by atoms with van der Waals surface area (Å²) >= 11 is 0. The fourth-order valence-corrected chi connectivity index (χ4v) is 1.71. The van der Waals surface area contributed by atoms with Crippen molar-refractivity contribution < 1.29 is 4.79 Å². The minimum atomic E-state index is -0.225. The van der Waals surface area contributed by atoms with Crippen LogP contribution in [0.5, 0.6) is 0 Å². The number of H-pyrrole nitrogens is 1. The summed E-state index contributed by atoms with van der Waals surface area (Å²) in [4.78, 5) is 15.5. The summed E-state index contributed by atoms with van der Waals surface area (Å²) in [5.41, 5.74) is 5.34. The van der Waals surface area contributed by atoms with Crippen molar-refractivity contribution in [3.05, 3.63) is 5.82 Å². The van der Waals surface area contributed by atoms with Gasteiger partial charge in [0.05, 0.1) is 0 Å². The first-order valence-corrected chi connectivity index (χ1v) is 5.67. The van der Waals surface area contributed by atoms with Crippen molar-refractivity contribution in [2.24, 2.45) is 5.92 Å². The SMILES string of the molecule is CCC(CC1CC1)NC(=O)c1nc(N)n[nH]1. The molecule has 0 aromatic carbocycles. The number of hydrogen-bond donors (Lipinski definition) is 3. The Morgan fingerprint density at radius 2 is 2.44 bits per heavy atom. The number of carbonyl (C=O) groups is 1. The number of nitrogen functional groups attached to an aromatic ring is 1. The summed E-state index contributed by atoms with van der Waals surface area (Å²) in [6.45, 7) is 2.07. The lowest BCUT2D eigenvalue weighted by atomic mass is 10.1. The molecule has 0 bridgehead atoms. The summed E-state index contributed by atoms with van der Waals surface area (Å²) in [5, 5.41) is 9.07. The van der Waals surface area contributed by atoms with Gasteiger partial charge in [-0.1, -0.05) is 19.8 Å². The topological polar surface area (TPSA) is 96.7 Å². The van der Waals surface area contributed by atoms with E-state index in [4.69, 9.17) is 5.73 Å². The fourth-order valence-electron chi connectivity index (χ4n) is 1.71. The molecule has 1 saturated carbocycles.